The molecule has 2 heterocycles. The van der Waals surface area contributed by atoms with Gasteiger partial charge in [0.25, 0.3) is 0 Å². The van der Waals surface area contributed by atoms with Gasteiger partial charge >= 0.3 is 5.97 Å². The largest absolute Gasteiger partial charge is 0.481 e. The number of hydrogen-bond donors (Lipinski definition) is 1. The standard InChI is InChI=1S/C18H22N2O2/c1-2-5-13-10-20(12-16(13)18(21)22)11-14-8-9-19-17-7-4-3-6-15(14)17/h3-4,6-9,13,16H,2,5,10-12H2,1H3,(H,21,22)/t13-,16-/m1/s1. The lowest BCUT2D eigenvalue weighted by Crippen LogP contribution is -2.23. The SMILES string of the molecule is CCC[C@@H]1CN(Cc2ccnc3ccccc23)C[C@H]1C(=O)O. The molecule has 0 bridgehead atoms. The van der Waals surface area contributed by atoms with E-state index in [9.17, 15) is 9.90 Å². The minimum absolute atomic E-state index is 0.229. The summed E-state index contributed by atoms with van der Waals surface area (Å²) >= 11 is 0. The molecule has 1 saturated heterocycles. The molecular formula is C18H22N2O2. The summed E-state index contributed by atoms with van der Waals surface area (Å²) in [4.78, 5) is 18.1. The molecule has 1 N–H and O–H groups in total. The third-order valence-corrected chi connectivity index (χ3v) is 4.63. The molecule has 0 saturated carbocycles. The van der Waals surface area contributed by atoms with E-state index in [1.54, 1.807) is 0 Å². The lowest BCUT2D eigenvalue weighted by Gasteiger charge is -2.17. The minimum atomic E-state index is -0.652. The van der Waals surface area contributed by atoms with Crippen LogP contribution in [0.1, 0.15) is 25.3 Å². The molecule has 116 valence electrons. The van der Waals surface area contributed by atoms with Gasteiger partial charge in [-0.1, -0.05) is 31.5 Å². The number of pyridine rings is 1. The second-order valence-corrected chi connectivity index (χ2v) is 6.17. The van der Waals surface area contributed by atoms with Crippen LogP contribution in [-0.4, -0.2) is 34.0 Å². The van der Waals surface area contributed by atoms with Crippen molar-refractivity contribution in [3.63, 3.8) is 0 Å². The second kappa shape index (κ2) is 6.44. The molecule has 0 unspecified atom stereocenters. The van der Waals surface area contributed by atoms with Crippen LogP contribution in [0.2, 0.25) is 0 Å². The van der Waals surface area contributed by atoms with Crippen molar-refractivity contribution < 1.29 is 9.90 Å². The average molecular weight is 298 g/mol. The summed E-state index contributed by atoms with van der Waals surface area (Å²) in [7, 11) is 0. The van der Waals surface area contributed by atoms with Crippen LogP contribution in [0.25, 0.3) is 10.9 Å². The Hall–Kier alpha value is -1.94. The molecular weight excluding hydrogens is 276 g/mol. The van der Waals surface area contributed by atoms with Crippen LogP contribution < -0.4 is 0 Å². The van der Waals surface area contributed by atoms with Gasteiger partial charge in [-0.3, -0.25) is 14.7 Å². The predicted molar refractivity (Wildman–Crippen MR) is 86.5 cm³/mol. The maximum absolute atomic E-state index is 11.5. The number of fused-ring (bicyclic) bond motifs is 1. The van der Waals surface area contributed by atoms with Gasteiger partial charge in [0, 0.05) is 31.2 Å². The van der Waals surface area contributed by atoms with Gasteiger partial charge in [0.2, 0.25) is 0 Å². The molecule has 2 atom stereocenters. The van der Waals surface area contributed by atoms with E-state index < -0.39 is 5.97 Å². The highest BCUT2D eigenvalue weighted by atomic mass is 16.4. The highest BCUT2D eigenvalue weighted by molar-refractivity contribution is 5.81. The molecule has 0 spiro atoms. The normalized spacial score (nSPS) is 22.2. The molecule has 1 aliphatic heterocycles. The van der Waals surface area contributed by atoms with E-state index in [0.717, 1.165) is 36.8 Å². The van der Waals surface area contributed by atoms with Gasteiger partial charge in [-0.25, -0.2) is 0 Å². The number of para-hydroxylation sites is 1. The van der Waals surface area contributed by atoms with E-state index in [1.807, 2.05) is 30.5 Å². The molecule has 2 aromatic rings. The summed E-state index contributed by atoms with van der Waals surface area (Å²) in [6.07, 6.45) is 3.87. The summed E-state index contributed by atoms with van der Waals surface area (Å²) in [5.41, 5.74) is 2.23. The van der Waals surface area contributed by atoms with E-state index in [0.29, 0.717) is 6.54 Å². The summed E-state index contributed by atoms with van der Waals surface area (Å²) < 4.78 is 0. The molecule has 0 radical (unpaired) electrons. The molecule has 1 fully saturated rings. The van der Waals surface area contributed by atoms with Gasteiger partial charge in [0.1, 0.15) is 0 Å². The summed E-state index contributed by atoms with van der Waals surface area (Å²) in [6.45, 7) is 4.45. The van der Waals surface area contributed by atoms with E-state index >= 15 is 0 Å². The number of benzene rings is 1. The molecule has 22 heavy (non-hydrogen) atoms. The van der Waals surface area contributed by atoms with Gasteiger partial charge in [-0.15, -0.1) is 0 Å². The number of aliphatic carboxylic acids is 1. The first-order chi connectivity index (χ1) is 10.7. The van der Waals surface area contributed by atoms with Crippen molar-refractivity contribution >= 4 is 16.9 Å². The van der Waals surface area contributed by atoms with Crippen LogP contribution in [0.4, 0.5) is 0 Å². The Kier molecular flexibility index (Phi) is 4.39. The van der Waals surface area contributed by atoms with E-state index in [1.165, 1.54) is 5.56 Å². The van der Waals surface area contributed by atoms with Crippen molar-refractivity contribution in [1.82, 2.24) is 9.88 Å². The number of aromatic nitrogens is 1. The van der Waals surface area contributed by atoms with E-state index in [4.69, 9.17) is 0 Å². The lowest BCUT2D eigenvalue weighted by molar-refractivity contribution is -0.142. The van der Waals surface area contributed by atoms with Crippen molar-refractivity contribution in [2.24, 2.45) is 11.8 Å². The van der Waals surface area contributed by atoms with Crippen molar-refractivity contribution in [2.45, 2.75) is 26.3 Å². The second-order valence-electron chi connectivity index (χ2n) is 6.17. The number of hydrogen-bond acceptors (Lipinski definition) is 3. The van der Waals surface area contributed by atoms with Crippen molar-refractivity contribution in [1.29, 1.82) is 0 Å². The number of carboxylic acids is 1. The molecule has 0 aliphatic carbocycles. The minimum Gasteiger partial charge on any atom is -0.481 e. The number of carbonyl (C=O) groups is 1. The molecule has 1 aliphatic rings. The Balaban J connectivity index is 1.79. The van der Waals surface area contributed by atoms with Gasteiger partial charge in [-0.2, -0.15) is 0 Å². The first kappa shape index (κ1) is 15.0. The van der Waals surface area contributed by atoms with Gasteiger partial charge in [0.05, 0.1) is 11.4 Å². The molecule has 0 amide bonds. The Morgan fingerprint density at radius 2 is 2.14 bits per heavy atom. The number of rotatable bonds is 5. The summed E-state index contributed by atoms with van der Waals surface area (Å²) in [5, 5.41) is 10.6. The van der Waals surface area contributed by atoms with Crippen molar-refractivity contribution in [2.75, 3.05) is 13.1 Å². The van der Waals surface area contributed by atoms with Crippen LogP contribution >= 0.6 is 0 Å². The molecule has 1 aromatic heterocycles. The Morgan fingerprint density at radius 3 is 2.91 bits per heavy atom. The van der Waals surface area contributed by atoms with Gasteiger partial charge in [0.15, 0.2) is 0 Å². The fourth-order valence-corrected chi connectivity index (χ4v) is 3.57. The number of carboxylic acid groups (broad SMARTS) is 1. The first-order valence-electron chi connectivity index (χ1n) is 7.96. The van der Waals surface area contributed by atoms with Crippen molar-refractivity contribution in [3.05, 3.63) is 42.1 Å². The number of likely N-dealkylation sites (tertiary alicyclic amines) is 1. The van der Waals surface area contributed by atoms with Gasteiger partial charge in [-0.05, 0) is 30.0 Å². The maximum Gasteiger partial charge on any atom is 0.308 e. The van der Waals surface area contributed by atoms with Gasteiger partial charge < -0.3 is 5.11 Å². The molecule has 4 nitrogen and oxygen atoms in total. The summed E-state index contributed by atoms with van der Waals surface area (Å²) in [6, 6.07) is 10.2. The van der Waals surface area contributed by atoms with E-state index in [2.05, 4.69) is 22.9 Å². The van der Waals surface area contributed by atoms with E-state index in [-0.39, 0.29) is 11.8 Å². The molecule has 3 rings (SSSR count). The lowest BCUT2D eigenvalue weighted by atomic mass is 9.92. The zero-order valence-corrected chi connectivity index (χ0v) is 12.9. The zero-order chi connectivity index (χ0) is 15.5. The summed E-state index contributed by atoms with van der Waals surface area (Å²) in [5.74, 6) is -0.607. The first-order valence-corrected chi connectivity index (χ1v) is 7.96. The topological polar surface area (TPSA) is 53.4 Å². The highest BCUT2D eigenvalue weighted by Crippen LogP contribution is 2.29. The van der Waals surface area contributed by atoms with Crippen LogP contribution in [0.15, 0.2) is 36.5 Å². The van der Waals surface area contributed by atoms with Crippen LogP contribution in [0.3, 0.4) is 0 Å². The predicted octanol–water partition coefficient (Wildman–Crippen LogP) is 3.17. The monoisotopic (exact) mass is 298 g/mol. The van der Waals surface area contributed by atoms with Crippen LogP contribution in [0, 0.1) is 11.8 Å². The van der Waals surface area contributed by atoms with Crippen molar-refractivity contribution in [3.8, 4) is 0 Å². The smallest absolute Gasteiger partial charge is 0.308 e. The highest BCUT2D eigenvalue weighted by Gasteiger charge is 2.36. The Labute approximate surface area is 130 Å². The third kappa shape index (κ3) is 2.97. The molecule has 4 heteroatoms. The van der Waals surface area contributed by atoms with Crippen LogP contribution in [0.5, 0.6) is 0 Å². The fourth-order valence-electron chi connectivity index (χ4n) is 3.57. The Morgan fingerprint density at radius 1 is 1.32 bits per heavy atom. The average Bonchev–Trinajstić information content (AvgIpc) is 2.91. The quantitative estimate of drug-likeness (QED) is 0.921. The zero-order valence-electron chi connectivity index (χ0n) is 12.9. The third-order valence-electron chi connectivity index (χ3n) is 4.63. The van der Waals surface area contributed by atoms with Crippen LogP contribution in [-0.2, 0) is 11.3 Å². The fraction of sp³-hybridized carbons (Fsp3) is 0.444. The molecule has 1 aromatic carbocycles. The number of nitrogens with zero attached hydrogens (tertiary/aromatic N) is 2. The Bertz CT molecular complexity index is 666. The maximum atomic E-state index is 11.5.